The number of nitrogens with zero attached hydrogens (tertiary/aromatic N) is 6. The molecule has 1 saturated heterocycles. The fourth-order valence-corrected chi connectivity index (χ4v) is 9.49. The van der Waals surface area contributed by atoms with Gasteiger partial charge in [-0.15, -0.1) is 10.2 Å². The lowest BCUT2D eigenvalue weighted by atomic mass is 9.70. The Labute approximate surface area is 323 Å². The van der Waals surface area contributed by atoms with Crippen LogP contribution in [0.2, 0.25) is 0 Å². The molecule has 3 aromatic heterocycles. The molecular formula is C39H47F3N6O7S. The Morgan fingerprint density at radius 3 is 2.43 bits per heavy atom. The number of carboxylic acid groups (broad SMARTS) is 1. The third-order valence-electron chi connectivity index (χ3n) is 11.6. The number of hydrogen-bond donors (Lipinski definition) is 1. The molecule has 1 atom stereocenters. The van der Waals surface area contributed by atoms with Gasteiger partial charge in [0.2, 0.25) is 27.6 Å². The summed E-state index contributed by atoms with van der Waals surface area (Å²) in [6.45, 7) is 11.2. The van der Waals surface area contributed by atoms with Crippen LogP contribution < -0.4 is 9.47 Å². The smallest absolute Gasteiger partial charge is 0.452 e. The molecule has 0 radical (unpaired) electrons. The number of methoxy groups -OCH3 is 1. The van der Waals surface area contributed by atoms with Crippen molar-refractivity contribution < 1.29 is 45.7 Å². The number of aromatic nitrogens is 4. The van der Waals surface area contributed by atoms with Gasteiger partial charge >= 0.3 is 12.1 Å². The van der Waals surface area contributed by atoms with Crippen molar-refractivity contribution in [3.05, 3.63) is 75.7 Å². The van der Waals surface area contributed by atoms with Crippen LogP contribution in [-0.4, -0.2) is 99.9 Å². The average Bonchev–Trinajstić information content (AvgIpc) is 3.75. The van der Waals surface area contributed by atoms with E-state index in [2.05, 4.69) is 20.1 Å². The summed E-state index contributed by atoms with van der Waals surface area (Å²) in [6.07, 6.45) is -0.0892. The number of ether oxygens (including phenoxy) is 3. The number of piperidine rings is 1. The van der Waals surface area contributed by atoms with Crippen molar-refractivity contribution in [1.82, 2.24) is 28.8 Å². The van der Waals surface area contributed by atoms with Gasteiger partial charge in [-0.25, -0.2) is 8.42 Å². The second kappa shape index (κ2) is 14.6. The maximum Gasteiger partial charge on any atom is 0.452 e. The number of hydrogen-bond acceptors (Lipinski definition) is 10. The second-order valence-corrected chi connectivity index (χ2v) is 17.8. The van der Waals surface area contributed by atoms with E-state index in [1.54, 1.807) is 59.1 Å². The first-order valence-corrected chi connectivity index (χ1v) is 20.1. The van der Waals surface area contributed by atoms with Gasteiger partial charge in [-0.1, -0.05) is 18.2 Å². The summed E-state index contributed by atoms with van der Waals surface area (Å²) in [6, 6.07) is 8.39. The molecule has 4 aromatic rings. The van der Waals surface area contributed by atoms with Crippen LogP contribution in [0.15, 0.2) is 41.4 Å². The number of rotatable bonds is 11. The van der Waals surface area contributed by atoms with Gasteiger partial charge in [0.1, 0.15) is 17.1 Å². The Morgan fingerprint density at radius 1 is 1.07 bits per heavy atom. The van der Waals surface area contributed by atoms with E-state index in [1.165, 1.54) is 16.6 Å². The zero-order valence-electron chi connectivity index (χ0n) is 32.3. The monoisotopic (exact) mass is 800 g/mol. The number of sulfonamides is 1. The number of carboxylic acids is 1. The Bertz CT molecular complexity index is 2270. The number of alkyl halides is 3. The van der Waals surface area contributed by atoms with Crippen molar-refractivity contribution in [2.45, 2.75) is 95.5 Å². The van der Waals surface area contributed by atoms with Gasteiger partial charge in [0.05, 0.1) is 18.1 Å². The zero-order chi connectivity index (χ0) is 40.4. The molecule has 5 heterocycles. The molecule has 17 heteroatoms. The van der Waals surface area contributed by atoms with E-state index >= 15 is 0 Å². The molecule has 1 saturated carbocycles. The lowest BCUT2D eigenvalue weighted by Gasteiger charge is -2.33. The zero-order valence-corrected chi connectivity index (χ0v) is 33.1. The topological polar surface area (TPSA) is 149 Å². The molecule has 1 aliphatic carbocycles. The standard InChI is InChI=1S/C39H47F3N6O7S/c1-23-7-8-26(31(37(4,5)36(49)50)29-11-16-48-32(25(29)3)44-45-35(48)39(40,41)42)20-27(23)21-47-22-38(12-13-38)55-34-30(56(47,51)52)19-24(2)33(43-34)54-18-17-46-14-9-28(53-6)10-15-46/h7-8,11,16,19-20,28,31H,9-10,12-15,17-18,21-22H2,1-6H3,(H,49,50)/t31-/m0/s1. The molecule has 0 amide bonds. The molecule has 0 bridgehead atoms. The highest BCUT2D eigenvalue weighted by atomic mass is 32.2. The largest absolute Gasteiger partial charge is 0.481 e. The lowest BCUT2D eigenvalue weighted by molar-refractivity contribution is -0.147. The number of fused-ring (bicyclic) bond motifs is 2. The summed E-state index contributed by atoms with van der Waals surface area (Å²) >= 11 is 0. The number of aliphatic carboxylic acids is 1. The summed E-state index contributed by atoms with van der Waals surface area (Å²) in [5.74, 6) is -2.85. The molecule has 7 rings (SSSR count). The predicted octanol–water partition coefficient (Wildman–Crippen LogP) is 5.92. The minimum atomic E-state index is -4.75. The van der Waals surface area contributed by atoms with Crippen molar-refractivity contribution in [3.63, 3.8) is 0 Å². The maximum absolute atomic E-state index is 14.5. The number of carbonyl (C=O) groups is 1. The van der Waals surface area contributed by atoms with E-state index in [1.807, 2.05) is 6.92 Å². The van der Waals surface area contributed by atoms with Crippen LogP contribution in [0.3, 0.4) is 0 Å². The van der Waals surface area contributed by atoms with E-state index < -0.39 is 44.9 Å². The van der Waals surface area contributed by atoms with E-state index in [9.17, 15) is 31.5 Å². The number of likely N-dealkylation sites (tertiary alicyclic amines) is 1. The first-order valence-electron chi connectivity index (χ1n) is 18.7. The van der Waals surface area contributed by atoms with Crippen LogP contribution in [-0.2, 0) is 32.3 Å². The molecule has 1 aromatic carbocycles. The van der Waals surface area contributed by atoms with Gasteiger partial charge in [-0.2, -0.15) is 22.5 Å². The molecule has 3 aliphatic rings. The van der Waals surface area contributed by atoms with Crippen molar-refractivity contribution in [1.29, 1.82) is 0 Å². The van der Waals surface area contributed by atoms with Crippen LogP contribution in [0.4, 0.5) is 13.2 Å². The highest BCUT2D eigenvalue weighted by molar-refractivity contribution is 7.89. The van der Waals surface area contributed by atoms with Gasteiger partial charge < -0.3 is 19.3 Å². The van der Waals surface area contributed by atoms with Crippen molar-refractivity contribution >= 4 is 21.6 Å². The number of benzene rings is 1. The molecule has 56 heavy (non-hydrogen) atoms. The number of halogens is 3. The molecular weight excluding hydrogens is 754 g/mol. The van der Waals surface area contributed by atoms with Crippen LogP contribution in [0.25, 0.3) is 5.65 Å². The molecule has 302 valence electrons. The first kappa shape index (κ1) is 39.9. The summed E-state index contributed by atoms with van der Waals surface area (Å²) in [5, 5.41) is 17.6. The average molecular weight is 801 g/mol. The van der Waals surface area contributed by atoms with Gasteiger partial charge in [0, 0.05) is 51.0 Å². The van der Waals surface area contributed by atoms with Crippen LogP contribution in [0.1, 0.15) is 84.7 Å². The highest BCUT2D eigenvalue weighted by Gasteiger charge is 2.53. The Balaban J connectivity index is 1.19. The van der Waals surface area contributed by atoms with E-state index in [0.717, 1.165) is 35.9 Å². The van der Waals surface area contributed by atoms with Gasteiger partial charge in [0.25, 0.3) is 0 Å². The quantitative estimate of drug-likeness (QED) is 0.193. The lowest BCUT2D eigenvalue weighted by Crippen LogP contribution is -2.38. The summed E-state index contributed by atoms with van der Waals surface area (Å²) in [5.41, 5.74) is 1.05. The Morgan fingerprint density at radius 2 is 1.79 bits per heavy atom. The summed E-state index contributed by atoms with van der Waals surface area (Å²) in [7, 11) is -2.42. The van der Waals surface area contributed by atoms with Crippen LogP contribution in [0, 0.1) is 26.2 Å². The van der Waals surface area contributed by atoms with E-state index in [0.29, 0.717) is 59.7 Å². The van der Waals surface area contributed by atoms with Gasteiger partial charge in [0.15, 0.2) is 5.65 Å². The van der Waals surface area contributed by atoms with Crippen molar-refractivity contribution in [2.75, 3.05) is 39.9 Å². The minimum absolute atomic E-state index is 0.00767. The van der Waals surface area contributed by atoms with Gasteiger partial charge in [-0.05, 0) is 100 Å². The maximum atomic E-state index is 14.5. The molecule has 1 spiro atoms. The molecule has 0 unspecified atom stereocenters. The minimum Gasteiger partial charge on any atom is -0.481 e. The first-order chi connectivity index (χ1) is 26.3. The van der Waals surface area contributed by atoms with E-state index in [4.69, 9.17) is 14.2 Å². The summed E-state index contributed by atoms with van der Waals surface area (Å²) < 4.78 is 90.2. The Kier molecular flexibility index (Phi) is 10.4. The van der Waals surface area contributed by atoms with Crippen LogP contribution in [0.5, 0.6) is 11.8 Å². The molecule has 13 nitrogen and oxygen atoms in total. The highest BCUT2D eigenvalue weighted by Crippen LogP contribution is 2.48. The van der Waals surface area contributed by atoms with E-state index in [-0.39, 0.29) is 35.6 Å². The van der Waals surface area contributed by atoms with Gasteiger partial charge in [-0.3, -0.25) is 14.1 Å². The van der Waals surface area contributed by atoms with Crippen LogP contribution >= 0.6 is 0 Å². The number of pyridine rings is 2. The number of aryl methyl sites for hydroxylation is 3. The SMILES string of the molecule is COC1CCN(CCOc2nc3c(cc2C)S(=O)(=O)N(Cc2cc([C@@H](c4ccn5c(C(F)(F)F)nnc5c4C)C(C)(C)C(=O)O)ccc2C)CC2(CC2)O3)CC1. The molecule has 1 N–H and O–H groups in total. The third-order valence-corrected chi connectivity index (χ3v) is 13.4. The second-order valence-electron chi connectivity index (χ2n) is 15.9. The molecule has 2 aliphatic heterocycles. The predicted molar refractivity (Wildman–Crippen MR) is 198 cm³/mol. The molecule has 2 fully saturated rings. The Hall–Kier alpha value is -4.32. The fourth-order valence-electron chi connectivity index (χ4n) is 7.87. The third kappa shape index (κ3) is 7.45. The fraction of sp³-hybridized carbons (Fsp3) is 0.538. The van der Waals surface area contributed by atoms with Crippen molar-refractivity contribution in [3.8, 4) is 11.8 Å². The summed E-state index contributed by atoms with van der Waals surface area (Å²) in [4.78, 5) is 19.7. The van der Waals surface area contributed by atoms with Crippen molar-refractivity contribution in [2.24, 2.45) is 5.41 Å². The normalized spacial score (nSPS) is 19.4.